The van der Waals surface area contributed by atoms with Crippen LogP contribution in [0.3, 0.4) is 0 Å². The smallest absolute Gasteiger partial charge is 0.224 e. The molecule has 1 aromatic carbocycles. The molecule has 2 heterocycles. The fourth-order valence-electron chi connectivity index (χ4n) is 4.23. The average Bonchev–Trinajstić information content (AvgIpc) is 3.38. The number of nitriles is 1. The maximum absolute atomic E-state index is 13.0. The molecule has 170 valence electrons. The van der Waals surface area contributed by atoms with Crippen LogP contribution in [0.25, 0.3) is 10.9 Å². The Morgan fingerprint density at radius 1 is 1.34 bits per heavy atom. The first kappa shape index (κ1) is 23.3. The molecule has 3 rings (SSSR count). The molecular weight excluding hydrogens is 408 g/mol. The minimum Gasteiger partial charge on any atom is -0.496 e. The first-order chi connectivity index (χ1) is 15.3. The number of benzene rings is 1. The number of carbonyl (C=O) groups is 3. The molecule has 0 radical (unpaired) electrons. The fourth-order valence-corrected chi connectivity index (χ4v) is 4.23. The number of nitrogens with zero attached hydrogens (tertiary/aromatic N) is 1. The van der Waals surface area contributed by atoms with Crippen molar-refractivity contribution < 1.29 is 19.1 Å². The Balaban J connectivity index is 1.71. The van der Waals surface area contributed by atoms with Gasteiger partial charge in [-0.2, -0.15) is 5.26 Å². The van der Waals surface area contributed by atoms with Crippen LogP contribution in [0.1, 0.15) is 50.0 Å². The van der Waals surface area contributed by atoms with Crippen molar-refractivity contribution in [2.45, 2.75) is 45.6 Å². The molecule has 32 heavy (non-hydrogen) atoms. The van der Waals surface area contributed by atoms with E-state index in [1.165, 1.54) is 0 Å². The number of nitrogens with one attached hydrogen (secondary N) is 3. The summed E-state index contributed by atoms with van der Waals surface area (Å²) in [5, 5.41) is 15.8. The first-order valence-electron chi connectivity index (χ1n) is 11.0. The van der Waals surface area contributed by atoms with Gasteiger partial charge in [0.1, 0.15) is 11.8 Å². The number of ether oxygens (including phenoxy) is 1. The van der Waals surface area contributed by atoms with Crippen molar-refractivity contribution in [1.29, 1.82) is 5.26 Å². The van der Waals surface area contributed by atoms with Crippen LogP contribution >= 0.6 is 0 Å². The van der Waals surface area contributed by atoms with Crippen molar-refractivity contribution in [1.82, 2.24) is 15.6 Å². The lowest BCUT2D eigenvalue weighted by atomic mass is 9.90. The van der Waals surface area contributed by atoms with Gasteiger partial charge in [0.05, 0.1) is 18.9 Å². The number of Topliss-reactive ketones (excluding diaryl/α,β-unsaturated/α-hetero) is 1. The largest absolute Gasteiger partial charge is 0.496 e. The predicted octanol–water partition coefficient (Wildman–Crippen LogP) is 2.95. The van der Waals surface area contributed by atoms with E-state index < -0.39 is 12.0 Å². The molecule has 1 aliphatic heterocycles. The highest BCUT2D eigenvalue weighted by atomic mass is 16.5. The Kier molecular flexibility index (Phi) is 7.52. The van der Waals surface area contributed by atoms with E-state index >= 15 is 0 Å². The van der Waals surface area contributed by atoms with Gasteiger partial charge in [-0.25, -0.2) is 0 Å². The molecule has 0 aliphatic carbocycles. The predicted molar refractivity (Wildman–Crippen MR) is 120 cm³/mol. The summed E-state index contributed by atoms with van der Waals surface area (Å²) in [6, 6.07) is 8.60. The van der Waals surface area contributed by atoms with Crippen LogP contribution in [-0.2, 0) is 9.59 Å². The minimum atomic E-state index is -0.765. The van der Waals surface area contributed by atoms with Crippen LogP contribution in [0.15, 0.2) is 24.3 Å². The third kappa shape index (κ3) is 5.47. The highest BCUT2D eigenvalue weighted by molar-refractivity contribution is 6.02. The van der Waals surface area contributed by atoms with Crippen LogP contribution in [0.2, 0.25) is 0 Å². The molecule has 1 aromatic heterocycles. The molecule has 8 nitrogen and oxygen atoms in total. The zero-order chi connectivity index (χ0) is 23.3. The van der Waals surface area contributed by atoms with Crippen molar-refractivity contribution in [3.8, 4) is 11.8 Å². The standard InChI is InChI=1S/C24H30N4O4/c1-14(2)9-16(24(31)27-17(13-25)10-15-7-8-26-23(15)30)11-21(29)20-12-18-19(28-20)5-4-6-22(18)32-3/h4-6,12,14-17,28H,7-11H2,1-3H3,(H,26,30)(H,27,31)/t15-,16+,17-/m0/s1. The van der Waals surface area contributed by atoms with Gasteiger partial charge in [-0.1, -0.05) is 19.9 Å². The van der Waals surface area contributed by atoms with Gasteiger partial charge in [0, 0.05) is 35.7 Å². The summed E-state index contributed by atoms with van der Waals surface area (Å²) in [4.78, 5) is 41.0. The molecule has 2 aromatic rings. The topological polar surface area (TPSA) is 124 Å². The molecule has 1 aliphatic rings. The molecule has 0 bridgehead atoms. The number of carbonyl (C=O) groups excluding carboxylic acids is 3. The van der Waals surface area contributed by atoms with Crippen molar-refractivity contribution in [3.63, 3.8) is 0 Å². The summed E-state index contributed by atoms with van der Waals surface area (Å²) in [6.07, 6.45) is 1.48. The molecular formula is C24H30N4O4. The Bertz CT molecular complexity index is 1040. The van der Waals surface area contributed by atoms with E-state index in [0.29, 0.717) is 30.8 Å². The number of ketones is 1. The second-order valence-corrected chi connectivity index (χ2v) is 8.76. The first-order valence-corrected chi connectivity index (χ1v) is 11.0. The lowest BCUT2D eigenvalue weighted by molar-refractivity contribution is -0.127. The van der Waals surface area contributed by atoms with Gasteiger partial charge in [0.25, 0.3) is 0 Å². The van der Waals surface area contributed by atoms with Gasteiger partial charge in [-0.3, -0.25) is 14.4 Å². The number of aromatic amines is 1. The van der Waals surface area contributed by atoms with Crippen molar-refractivity contribution in [3.05, 3.63) is 30.0 Å². The number of rotatable bonds is 10. The molecule has 8 heteroatoms. The van der Waals surface area contributed by atoms with E-state index in [2.05, 4.69) is 21.7 Å². The SMILES string of the molecule is COc1cccc2[nH]c(C(=O)C[C@@H](CC(C)C)C(=O)N[C@H](C#N)C[C@@H]3CCNC3=O)cc12. The van der Waals surface area contributed by atoms with Crippen LogP contribution in [0.4, 0.5) is 0 Å². The van der Waals surface area contributed by atoms with Gasteiger partial charge >= 0.3 is 0 Å². The average molecular weight is 439 g/mol. The number of fused-ring (bicyclic) bond motifs is 1. The molecule has 0 unspecified atom stereocenters. The summed E-state index contributed by atoms with van der Waals surface area (Å²) < 4.78 is 5.36. The van der Waals surface area contributed by atoms with Crippen LogP contribution in [0.5, 0.6) is 5.75 Å². The van der Waals surface area contributed by atoms with Gasteiger partial charge in [-0.15, -0.1) is 0 Å². The molecule has 3 atom stereocenters. The van der Waals surface area contributed by atoms with E-state index in [4.69, 9.17) is 4.74 Å². The van der Waals surface area contributed by atoms with Crippen LogP contribution in [0, 0.1) is 29.1 Å². The number of methoxy groups -OCH3 is 1. The molecule has 0 saturated carbocycles. The van der Waals surface area contributed by atoms with E-state index in [0.717, 1.165) is 10.9 Å². The van der Waals surface area contributed by atoms with Gasteiger partial charge in [-0.05, 0) is 43.4 Å². The summed E-state index contributed by atoms with van der Waals surface area (Å²) in [5.74, 6) is -0.554. The lowest BCUT2D eigenvalue weighted by Crippen LogP contribution is -2.41. The van der Waals surface area contributed by atoms with Gasteiger partial charge < -0.3 is 20.4 Å². The van der Waals surface area contributed by atoms with E-state index in [1.807, 2.05) is 32.0 Å². The Morgan fingerprint density at radius 2 is 2.12 bits per heavy atom. The second-order valence-electron chi connectivity index (χ2n) is 8.76. The molecule has 3 N–H and O–H groups in total. The molecule has 0 spiro atoms. The van der Waals surface area contributed by atoms with E-state index in [-0.39, 0.29) is 42.3 Å². The van der Waals surface area contributed by atoms with Crippen molar-refractivity contribution in [2.24, 2.45) is 17.8 Å². The van der Waals surface area contributed by atoms with Gasteiger partial charge in [0.2, 0.25) is 11.8 Å². The summed E-state index contributed by atoms with van der Waals surface area (Å²) in [7, 11) is 1.58. The zero-order valence-corrected chi connectivity index (χ0v) is 18.7. The molecule has 1 saturated heterocycles. The highest BCUT2D eigenvalue weighted by Gasteiger charge is 2.30. The summed E-state index contributed by atoms with van der Waals surface area (Å²) in [5.41, 5.74) is 1.21. The van der Waals surface area contributed by atoms with E-state index in [9.17, 15) is 19.6 Å². The number of aromatic nitrogens is 1. The maximum Gasteiger partial charge on any atom is 0.224 e. The zero-order valence-electron chi connectivity index (χ0n) is 18.7. The van der Waals surface area contributed by atoms with E-state index in [1.54, 1.807) is 13.2 Å². The maximum atomic E-state index is 13.0. The fraction of sp³-hybridized carbons (Fsp3) is 0.500. The van der Waals surface area contributed by atoms with Crippen LogP contribution in [-0.4, -0.2) is 42.3 Å². The quantitative estimate of drug-likeness (QED) is 0.492. The normalized spacial score (nSPS) is 17.6. The lowest BCUT2D eigenvalue weighted by Gasteiger charge is -2.21. The minimum absolute atomic E-state index is 0.0290. The van der Waals surface area contributed by atoms with Gasteiger partial charge in [0.15, 0.2) is 5.78 Å². The van der Waals surface area contributed by atoms with Crippen molar-refractivity contribution in [2.75, 3.05) is 13.7 Å². The third-order valence-corrected chi connectivity index (χ3v) is 5.86. The third-order valence-electron chi connectivity index (χ3n) is 5.86. The summed E-state index contributed by atoms with van der Waals surface area (Å²) >= 11 is 0. The number of H-pyrrole nitrogens is 1. The van der Waals surface area contributed by atoms with Crippen molar-refractivity contribution >= 4 is 28.5 Å². The number of hydrogen-bond donors (Lipinski definition) is 3. The molecule has 1 fully saturated rings. The second kappa shape index (κ2) is 10.3. The molecule has 2 amide bonds. The number of amides is 2. The Morgan fingerprint density at radius 3 is 2.75 bits per heavy atom. The Hall–Kier alpha value is -3.34. The Labute approximate surface area is 187 Å². The number of hydrogen-bond acceptors (Lipinski definition) is 5. The highest BCUT2D eigenvalue weighted by Crippen LogP contribution is 2.27. The van der Waals surface area contributed by atoms with Crippen LogP contribution < -0.4 is 15.4 Å². The monoisotopic (exact) mass is 438 g/mol. The summed E-state index contributed by atoms with van der Waals surface area (Å²) in [6.45, 7) is 4.57.